The van der Waals surface area contributed by atoms with Crippen molar-refractivity contribution in [1.82, 2.24) is 4.90 Å². The first-order valence-corrected chi connectivity index (χ1v) is 8.79. The molecule has 23 heavy (non-hydrogen) atoms. The van der Waals surface area contributed by atoms with Crippen molar-refractivity contribution in [3.8, 4) is 0 Å². The predicted molar refractivity (Wildman–Crippen MR) is 87.4 cm³/mol. The fraction of sp³-hybridized carbons (Fsp3) is 0.588. The molecule has 2 saturated heterocycles. The number of nitrogens with zero attached hydrogens (tertiary/aromatic N) is 2. The van der Waals surface area contributed by atoms with E-state index in [1.165, 1.54) is 19.3 Å². The van der Waals surface area contributed by atoms with E-state index in [-0.39, 0.29) is 12.0 Å². The molecule has 1 amide bonds. The molecule has 1 aromatic rings. The highest BCUT2D eigenvalue weighted by atomic mass is 35.5. The molecule has 0 aliphatic carbocycles. The fourth-order valence-corrected chi connectivity index (χ4v) is 3.83. The molecule has 0 saturated carbocycles. The van der Waals surface area contributed by atoms with Crippen molar-refractivity contribution in [3.05, 3.63) is 29.8 Å². The molecule has 0 bridgehead atoms. The van der Waals surface area contributed by atoms with Gasteiger partial charge in [-0.1, -0.05) is 24.6 Å². The lowest BCUT2D eigenvalue weighted by atomic mass is 10.1. The van der Waals surface area contributed by atoms with Crippen molar-refractivity contribution in [1.29, 1.82) is 0 Å². The number of halogens is 1. The van der Waals surface area contributed by atoms with E-state index in [2.05, 4.69) is 4.90 Å². The number of hydrogen-bond donors (Lipinski definition) is 0. The van der Waals surface area contributed by atoms with Gasteiger partial charge in [0.25, 0.3) is 11.7 Å². The van der Waals surface area contributed by atoms with Gasteiger partial charge in [-0.2, -0.15) is 0 Å². The van der Waals surface area contributed by atoms with Gasteiger partial charge in [0.1, 0.15) is 0 Å². The van der Waals surface area contributed by atoms with Gasteiger partial charge in [0.05, 0.1) is 30.9 Å². The molecule has 1 spiro atoms. The first-order valence-electron chi connectivity index (χ1n) is 8.26. The molecule has 3 heterocycles. The Morgan fingerprint density at radius 3 is 2.74 bits per heavy atom. The summed E-state index contributed by atoms with van der Waals surface area (Å²) >= 11 is 5.90. The van der Waals surface area contributed by atoms with Crippen molar-refractivity contribution < 1.29 is 14.3 Å². The highest BCUT2D eigenvalue weighted by Crippen LogP contribution is 2.47. The Labute approximate surface area is 141 Å². The van der Waals surface area contributed by atoms with Crippen LogP contribution < -0.4 is 4.90 Å². The van der Waals surface area contributed by atoms with Crippen molar-refractivity contribution in [3.63, 3.8) is 0 Å². The van der Waals surface area contributed by atoms with Crippen LogP contribution in [-0.2, 0) is 20.1 Å². The van der Waals surface area contributed by atoms with Crippen LogP contribution in [0.5, 0.6) is 0 Å². The zero-order valence-corrected chi connectivity index (χ0v) is 13.8. The number of amides is 1. The summed E-state index contributed by atoms with van der Waals surface area (Å²) in [7, 11) is 0. The average Bonchev–Trinajstić information content (AvgIpc) is 3.13. The van der Waals surface area contributed by atoms with Crippen LogP contribution in [0.2, 0.25) is 0 Å². The molecule has 2 fully saturated rings. The van der Waals surface area contributed by atoms with Crippen LogP contribution in [0.3, 0.4) is 0 Å². The molecule has 6 heteroatoms. The van der Waals surface area contributed by atoms with Crippen molar-refractivity contribution in [2.24, 2.45) is 0 Å². The maximum atomic E-state index is 13.1. The normalized spacial score (nSPS) is 31.1. The zero-order chi connectivity index (χ0) is 15.9. The molecular weight excluding hydrogens is 316 g/mol. The van der Waals surface area contributed by atoms with Crippen molar-refractivity contribution in [2.75, 3.05) is 37.1 Å². The first-order chi connectivity index (χ1) is 11.2. The maximum absolute atomic E-state index is 13.1. The second-order valence-corrected chi connectivity index (χ2v) is 6.70. The van der Waals surface area contributed by atoms with Crippen molar-refractivity contribution >= 4 is 23.2 Å². The third kappa shape index (κ3) is 2.47. The lowest BCUT2D eigenvalue weighted by molar-refractivity contribution is -0.185. The molecule has 0 N–H and O–H groups in total. The van der Waals surface area contributed by atoms with Gasteiger partial charge in [-0.15, -0.1) is 11.6 Å². The van der Waals surface area contributed by atoms with E-state index in [4.69, 9.17) is 21.1 Å². The standard InChI is InChI=1S/C17H21ClN2O3/c18-10-13-11-22-17(23-13)14-6-2-3-7-15(14)20(16(17)21)12-19-8-4-1-5-9-19/h2-3,6-7,13H,1,4-5,8-12H2/t13-,17-/m0/s1. The smallest absolute Gasteiger partial charge is 0.293 e. The lowest BCUT2D eigenvalue weighted by Crippen LogP contribution is -2.47. The Balaban J connectivity index is 1.65. The van der Waals surface area contributed by atoms with E-state index in [0.29, 0.717) is 19.2 Å². The van der Waals surface area contributed by atoms with E-state index in [1.807, 2.05) is 24.3 Å². The Morgan fingerprint density at radius 1 is 1.22 bits per heavy atom. The van der Waals surface area contributed by atoms with Crippen molar-refractivity contribution in [2.45, 2.75) is 31.2 Å². The predicted octanol–water partition coefficient (Wildman–Crippen LogP) is 2.28. The molecule has 0 aromatic heterocycles. The number of para-hydroxylation sites is 1. The number of alkyl halides is 1. The number of fused-ring (bicyclic) bond motifs is 2. The minimum absolute atomic E-state index is 0.128. The summed E-state index contributed by atoms with van der Waals surface area (Å²) in [4.78, 5) is 17.3. The van der Waals surface area contributed by atoms with E-state index in [9.17, 15) is 4.79 Å². The van der Waals surface area contributed by atoms with Gasteiger partial charge >= 0.3 is 0 Å². The topological polar surface area (TPSA) is 42.0 Å². The monoisotopic (exact) mass is 336 g/mol. The van der Waals surface area contributed by atoms with E-state index in [0.717, 1.165) is 24.3 Å². The fourth-order valence-electron chi connectivity index (χ4n) is 3.67. The second kappa shape index (κ2) is 6.06. The van der Waals surface area contributed by atoms with Gasteiger partial charge < -0.3 is 9.47 Å². The Hall–Kier alpha value is -1.14. The quantitative estimate of drug-likeness (QED) is 0.794. The number of carbonyl (C=O) groups is 1. The number of rotatable bonds is 3. The Bertz CT molecular complexity index is 605. The lowest BCUT2D eigenvalue weighted by Gasteiger charge is -2.31. The summed E-state index contributed by atoms with van der Waals surface area (Å²) in [6.45, 7) is 3.01. The number of ether oxygens (including phenoxy) is 2. The van der Waals surface area contributed by atoms with Gasteiger partial charge in [0.2, 0.25) is 0 Å². The molecule has 2 atom stereocenters. The second-order valence-electron chi connectivity index (χ2n) is 6.39. The summed E-state index contributed by atoms with van der Waals surface area (Å²) in [6, 6.07) is 7.74. The van der Waals surface area contributed by atoms with E-state index < -0.39 is 5.79 Å². The Morgan fingerprint density at radius 2 is 2.00 bits per heavy atom. The molecule has 124 valence electrons. The number of hydrogen-bond acceptors (Lipinski definition) is 4. The SMILES string of the molecule is O=C1N(CN2CCCCC2)c2ccccc2[C@@]12OC[C@H](CCl)O2. The van der Waals surface area contributed by atoms with Gasteiger partial charge in [-0.3, -0.25) is 14.6 Å². The summed E-state index contributed by atoms with van der Waals surface area (Å²) in [5.41, 5.74) is 1.69. The molecule has 3 aliphatic heterocycles. The Kier molecular flexibility index (Phi) is 4.05. The maximum Gasteiger partial charge on any atom is 0.293 e. The third-order valence-electron chi connectivity index (χ3n) is 4.84. The third-order valence-corrected chi connectivity index (χ3v) is 5.19. The number of benzene rings is 1. The summed E-state index contributed by atoms with van der Waals surface area (Å²) < 4.78 is 11.8. The number of carbonyl (C=O) groups excluding carboxylic acids is 1. The highest BCUT2D eigenvalue weighted by Gasteiger charge is 2.58. The zero-order valence-electron chi connectivity index (χ0n) is 13.0. The van der Waals surface area contributed by atoms with Gasteiger partial charge in [-0.25, -0.2) is 0 Å². The molecule has 0 unspecified atom stereocenters. The van der Waals surface area contributed by atoms with Crippen LogP contribution in [0.25, 0.3) is 0 Å². The molecule has 0 radical (unpaired) electrons. The van der Waals surface area contributed by atoms with Gasteiger partial charge in [-0.05, 0) is 32.0 Å². The molecule has 3 aliphatic rings. The number of anilines is 1. The minimum Gasteiger partial charge on any atom is -0.336 e. The van der Waals surface area contributed by atoms with Crippen LogP contribution in [0.4, 0.5) is 5.69 Å². The summed E-state index contributed by atoms with van der Waals surface area (Å²) in [5, 5.41) is 0. The van der Waals surface area contributed by atoms with Gasteiger partial charge in [0, 0.05) is 5.56 Å². The first kappa shape index (κ1) is 15.4. The minimum atomic E-state index is -1.30. The van der Waals surface area contributed by atoms with Crippen LogP contribution in [0, 0.1) is 0 Å². The van der Waals surface area contributed by atoms with Crippen LogP contribution in [0.15, 0.2) is 24.3 Å². The highest BCUT2D eigenvalue weighted by molar-refractivity contribution is 6.18. The number of likely N-dealkylation sites (tertiary alicyclic amines) is 1. The molecule has 1 aromatic carbocycles. The molecule has 5 nitrogen and oxygen atoms in total. The molecular formula is C17H21ClN2O3. The van der Waals surface area contributed by atoms with E-state index >= 15 is 0 Å². The van der Waals surface area contributed by atoms with Crippen LogP contribution in [-0.4, -0.2) is 49.2 Å². The summed E-state index contributed by atoms with van der Waals surface area (Å²) in [5.74, 6) is -1.10. The van der Waals surface area contributed by atoms with Crippen LogP contribution in [0.1, 0.15) is 24.8 Å². The molecule has 4 rings (SSSR count). The average molecular weight is 337 g/mol. The van der Waals surface area contributed by atoms with Crippen LogP contribution >= 0.6 is 11.6 Å². The van der Waals surface area contributed by atoms with E-state index in [1.54, 1.807) is 4.90 Å². The van der Waals surface area contributed by atoms with Gasteiger partial charge in [0.15, 0.2) is 0 Å². The largest absolute Gasteiger partial charge is 0.336 e. The number of piperidine rings is 1. The summed E-state index contributed by atoms with van der Waals surface area (Å²) in [6.07, 6.45) is 3.41.